The molecule has 0 spiro atoms. The predicted molar refractivity (Wildman–Crippen MR) is 101 cm³/mol. The van der Waals surface area contributed by atoms with Gasteiger partial charge in [-0.1, -0.05) is 48.0 Å². The van der Waals surface area contributed by atoms with Crippen molar-refractivity contribution in [2.24, 2.45) is 0 Å². The van der Waals surface area contributed by atoms with Crippen molar-refractivity contribution < 1.29 is 0 Å². The van der Waals surface area contributed by atoms with E-state index in [1.807, 2.05) is 25.1 Å². The Bertz CT molecular complexity index is 868. The van der Waals surface area contributed by atoms with Gasteiger partial charge in [0.1, 0.15) is 10.7 Å². The maximum absolute atomic E-state index is 6.54. The van der Waals surface area contributed by atoms with Crippen LogP contribution in [-0.2, 0) is 0 Å². The highest BCUT2D eigenvalue weighted by Gasteiger charge is 2.27. The quantitative estimate of drug-likeness (QED) is 0.697. The van der Waals surface area contributed by atoms with Crippen LogP contribution in [0, 0.1) is 6.92 Å². The zero-order valence-corrected chi connectivity index (χ0v) is 14.8. The monoisotopic (exact) mass is 350 g/mol. The summed E-state index contributed by atoms with van der Waals surface area (Å²) in [5, 5.41) is 0.633. The normalized spacial score (nSPS) is 17.0. The van der Waals surface area contributed by atoms with Crippen molar-refractivity contribution in [3.05, 3.63) is 71.0 Å². The van der Waals surface area contributed by atoms with Crippen LogP contribution >= 0.6 is 11.6 Å². The Kier molecular flexibility index (Phi) is 4.36. The van der Waals surface area contributed by atoms with Gasteiger partial charge in [0.2, 0.25) is 0 Å². The van der Waals surface area contributed by atoms with Gasteiger partial charge in [0, 0.05) is 25.2 Å². The Balaban J connectivity index is 1.65. The molecular formula is C20H19ClN4. The Labute approximate surface area is 152 Å². The summed E-state index contributed by atoms with van der Waals surface area (Å²) in [5.41, 5.74) is 2.93. The first-order valence-electron chi connectivity index (χ1n) is 8.48. The number of halogens is 1. The molecule has 1 fully saturated rings. The average Bonchev–Trinajstić information content (AvgIpc) is 3.15. The lowest BCUT2D eigenvalue weighted by Gasteiger charge is -2.20. The van der Waals surface area contributed by atoms with E-state index >= 15 is 0 Å². The van der Waals surface area contributed by atoms with E-state index in [9.17, 15) is 0 Å². The molecule has 4 rings (SSSR count). The molecule has 3 heterocycles. The number of pyridine rings is 1. The summed E-state index contributed by atoms with van der Waals surface area (Å²) >= 11 is 6.54. The summed E-state index contributed by atoms with van der Waals surface area (Å²) in [4.78, 5) is 15.9. The number of benzene rings is 1. The molecule has 4 nitrogen and oxygen atoms in total. The number of aromatic nitrogens is 3. The minimum absolute atomic E-state index is 0.505. The van der Waals surface area contributed by atoms with Crippen molar-refractivity contribution in [1.82, 2.24) is 15.0 Å². The van der Waals surface area contributed by atoms with Gasteiger partial charge < -0.3 is 4.90 Å². The van der Waals surface area contributed by atoms with Crippen LogP contribution in [0.2, 0.25) is 5.02 Å². The Hall–Kier alpha value is -2.46. The number of hydrogen-bond donors (Lipinski definition) is 0. The van der Waals surface area contributed by atoms with Gasteiger partial charge in [-0.05, 0) is 31.0 Å². The van der Waals surface area contributed by atoms with E-state index in [0.717, 1.165) is 36.7 Å². The number of nitrogens with zero attached hydrogens (tertiary/aromatic N) is 4. The molecule has 1 aromatic carbocycles. The van der Waals surface area contributed by atoms with Gasteiger partial charge in [0.25, 0.3) is 0 Å². The average molecular weight is 351 g/mol. The molecule has 5 heteroatoms. The van der Waals surface area contributed by atoms with Gasteiger partial charge >= 0.3 is 0 Å². The highest BCUT2D eigenvalue weighted by molar-refractivity contribution is 6.33. The summed E-state index contributed by atoms with van der Waals surface area (Å²) in [6.07, 6.45) is 2.85. The lowest BCUT2D eigenvalue weighted by molar-refractivity contribution is 0.774. The third kappa shape index (κ3) is 3.22. The van der Waals surface area contributed by atoms with Crippen molar-refractivity contribution in [1.29, 1.82) is 0 Å². The maximum atomic E-state index is 6.54. The molecule has 0 saturated carbocycles. The summed E-state index contributed by atoms with van der Waals surface area (Å²) in [5.74, 6) is 1.94. The van der Waals surface area contributed by atoms with Crippen LogP contribution in [0.4, 0.5) is 5.82 Å². The van der Waals surface area contributed by atoms with Crippen LogP contribution < -0.4 is 4.90 Å². The van der Waals surface area contributed by atoms with Crippen molar-refractivity contribution >= 4 is 17.4 Å². The van der Waals surface area contributed by atoms with Gasteiger partial charge in [-0.25, -0.2) is 9.97 Å². The van der Waals surface area contributed by atoms with Gasteiger partial charge in [-0.2, -0.15) is 0 Å². The molecule has 0 bridgehead atoms. The smallest absolute Gasteiger partial charge is 0.180 e. The van der Waals surface area contributed by atoms with Crippen molar-refractivity contribution in [3.8, 4) is 11.5 Å². The fourth-order valence-corrected chi connectivity index (χ4v) is 3.52. The van der Waals surface area contributed by atoms with E-state index in [-0.39, 0.29) is 0 Å². The van der Waals surface area contributed by atoms with E-state index in [2.05, 4.69) is 45.2 Å². The molecule has 1 aliphatic rings. The van der Waals surface area contributed by atoms with E-state index in [1.165, 1.54) is 5.56 Å². The summed E-state index contributed by atoms with van der Waals surface area (Å²) in [7, 11) is 0. The highest BCUT2D eigenvalue weighted by Crippen LogP contribution is 2.35. The van der Waals surface area contributed by atoms with Gasteiger partial charge in [0.05, 0.1) is 5.69 Å². The van der Waals surface area contributed by atoms with Crippen molar-refractivity contribution in [2.75, 3.05) is 18.0 Å². The molecule has 3 aromatic rings. The van der Waals surface area contributed by atoms with Gasteiger partial charge in [-0.3, -0.25) is 4.98 Å². The summed E-state index contributed by atoms with van der Waals surface area (Å²) in [6.45, 7) is 3.78. The third-order valence-corrected chi connectivity index (χ3v) is 5.09. The molecule has 1 atom stereocenters. The number of hydrogen-bond acceptors (Lipinski definition) is 4. The molecule has 1 saturated heterocycles. The number of anilines is 1. The highest BCUT2D eigenvalue weighted by atomic mass is 35.5. The maximum Gasteiger partial charge on any atom is 0.180 e. The second-order valence-electron chi connectivity index (χ2n) is 6.33. The SMILES string of the molecule is Cc1nc(-c2ccccn2)nc(N2CCC(c3ccccc3)C2)c1Cl. The minimum atomic E-state index is 0.505. The third-order valence-electron chi connectivity index (χ3n) is 4.65. The lowest BCUT2D eigenvalue weighted by Crippen LogP contribution is -2.22. The topological polar surface area (TPSA) is 41.9 Å². The summed E-state index contributed by atoms with van der Waals surface area (Å²) < 4.78 is 0. The van der Waals surface area contributed by atoms with E-state index in [0.29, 0.717) is 16.8 Å². The van der Waals surface area contributed by atoms with Gasteiger partial charge in [-0.15, -0.1) is 0 Å². The van der Waals surface area contributed by atoms with E-state index < -0.39 is 0 Å². The van der Waals surface area contributed by atoms with Crippen LogP contribution in [0.3, 0.4) is 0 Å². The Morgan fingerprint density at radius 2 is 1.84 bits per heavy atom. The van der Waals surface area contributed by atoms with E-state index in [1.54, 1.807) is 6.20 Å². The molecule has 1 unspecified atom stereocenters. The molecule has 0 amide bonds. The zero-order chi connectivity index (χ0) is 17.2. The Morgan fingerprint density at radius 1 is 1.04 bits per heavy atom. The molecule has 0 radical (unpaired) electrons. The van der Waals surface area contributed by atoms with E-state index in [4.69, 9.17) is 16.6 Å². The largest absolute Gasteiger partial charge is 0.355 e. The predicted octanol–water partition coefficient (Wildman–Crippen LogP) is 4.49. The molecule has 126 valence electrons. The fraction of sp³-hybridized carbons (Fsp3) is 0.250. The molecule has 0 N–H and O–H groups in total. The van der Waals surface area contributed by atoms with Crippen molar-refractivity contribution in [2.45, 2.75) is 19.3 Å². The van der Waals surface area contributed by atoms with Crippen LogP contribution in [-0.4, -0.2) is 28.0 Å². The first-order chi connectivity index (χ1) is 12.2. The van der Waals surface area contributed by atoms with Crippen LogP contribution in [0.25, 0.3) is 11.5 Å². The second-order valence-corrected chi connectivity index (χ2v) is 6.71. The first kappa shape index (κ1) is 16.0. The molecular weight excluding hydrogens is 332 g/mol. The van der Waals surface area contributed by atoms with Crippen LogP contribution in [0.1, 0.15) is 23.6 Å². The molecule has 1 aliphatic heterocycles. The van der Waals surface area contributed by atoms with Crippen LogP contribution in [0.5, 0.6) is 0 Å². The molecule has 0 aliphatic carbocycles. The fourth-order valence-electron chi connectivity index (χ4n) is 3.31. The molecule has 2 aromatic heterocycles. The Morgan fingerprint density at radius 3 is 2.60 bits per heavy atom. The number of rotatable bonds is 3. The van der Waals surface area contributed by atoms with Crippen molar-refractivity contribution in [3.63, 3.8) is 0 Å². The second kappa shape index (κ2) is 6.81. The summed E-state index contributed by atoms with van der Waals surface area (Å²) in [6, 6.07) is 16.4. The standard InChI is InChI=1S/C20H19ClN4/c1-14-18(21)20(24-19(23-14)17-9-5-6-11-22-17)25-12-10-16(13-25)15-7-3-2-4-8-15/h2-9,11,16H,10,12-13H2,1H3. The van der Waals surface area contributed by atoms with Gasteiger partial charge in [0.15, 0.2) is 11.6 Å². The van der Waals surface area contributed by atoms with Crippen LogP contribution in [0.15, 0.2) is 54.7 Å². The zero-order valence-electron chi connectivity index (χ0n) is 14.1. The molecule has 25 heavy (non-hydrogen) atoms. The minimum Gasteiger partial charge on any atom is -0.355 e. The lowest BCUT2D eigenvalue weighted by atomic mass is 9.99. The first-order valence-corrected chi connectivity index (χ1v) is 8.85. The number of aryl methyl sites for hydroxylation is 1.